The summed E-state index contributed by atoms with van der Waals surface area (Å²) in [5, 5.41) is 38.7. The van der Waals surface area contributed by atoms with Gasteiger partial charge in [-0.3, -0.25) is 0 Å². The van der Waals surface area contributed by atoms with Crippen LogP contribution in [0.5, 0.6) is 0 Å². The first-order valence-corrected chi connectivity index (χ1v) is 62.6. The molecule has 0 radical (unpaired) electrons. The molecular formula is C124H191N13O7S. The van der Waals surface area contributed by atoms with Crippen LogP contribution in [0.15, 0.2) is 99.7 Å². The van der Waals surface area contributed by atoms with Crippen molar-refractivity contribution >= 4 is 21.7 Å². The third-order valence-corrected chi connectivity index (χ3v) is 50.6. The third kappa shape index (κ3) is 18.0. The number of allylic oxidation sites excluding steroid dienone is 4. The second-order valence-corrected chi connectivity index (χ2v) is 58.9. The minimum atomic E-state index is -3.13. The number of fused-ring (bicyclic) bond motifs is 24. The highest BCUT2D eigenvalue weighted by Crippen LogP contribution is 2.72. The Morgan fingerprint density at radius 2 is 0.683 bits per heavy atom. The molecule has 2 amide bonds. The number of benzene rings is 1. The molecule has 145 heavy (non-hydrogen) atoms. The number of aromatic nitrogens is 6. The normalized spacial score (nSPS) is 50.1. The number of carbonyl (C=O) groups excluding carboxylic acids is 1. The monoisotopic (exact) mass is 2010 g/mol. The number of para-hydroxylation sites is 1. The predicted octanol–water partition coefficient (Wildman–Crippen LogP) is 24.2. The Kier molecular flexibility index (Phi) is 27.5. The van der Waals surface area contributed by atoms with Gasteiger partial charge in [-0.2, -0.15) is 0 Å². The standard InChI is InChI=1S/C35H51N3O2.2C30H46N4O.C29H48N2O3S/c1-21-16-31-32(36-20-21)23(3)35(40-31)15-13-27-28-11-10-24-17-26(38-33(39)37-25-8-6-5-7-9-25)12-14-34(24,4)30(28)18-29(27)22(2)19-35;2*1-18-13-27-28(31-17-18)20(3)30(35-27)10-8-23-24-6-5-21-14-22(34-12-11-32-33-34)7-9-29(21,4)26(24)15-25(23)19(2)16-30;1-17-12-26-27(30-16-17)19(3)29(34-26)11-9-22-23-7-6-20-13-21(31-35(5,32)33)8-10-28(20,4)25(23)14-24(22)18(2)15-29/h5-9,21,23-24,26-28,30-32,36H,10-20H2,1-4H3,(H2,37,38,39);2*11-12,18,20-24,26-28,31H,5-10,13-17H2,1-4H3;17,19-23,25-27,30-31H,6-16H2,1-5H3/t21-,23+,24+,26+,27-,28-,30-,31+,32-,34-,35-;2*18-,20+,21+,22?,23-,24-,26-,27+,28-,29-,30-;17-,19+,20+,21+,22-,23-,25-,26+,27-,28-,29-/m0000/s1. The van der Waals surface area contributed by atoms with Gasteiger partial charge in [-0.15, -0.1) is 10.2 Å². The molecule has 4 spiro atoms. The van der Waals surface area contributed by atoms with Crippen molar-refractivity contribution in [3.05, 3.63) is 99.7 Å². The Balaban J connectivity index is 0.000000104. The zero-order chi connectivity index (χ0) is 100. The van der Waals surface area contributed by atoms with E-state index in [0.717, 1.165) is 165 Å². The second-order valence-electron chi connectivity index (χ2n) is 57.1. The molecule has 800 valence electrons. The topological polar surface area (TPSA) is 234 Å². The summed E-state index contributed by atoms with van der Waals surface area (Å²) in [4.78, 5) is 12.7. The van der Waals surface area contributed by atoms with Crippen LogP contribution in [0.1, 0.15) is 380 Å². The maximum absolute atomic E-state index is 12.7. The van der Waals surface area contributed by atoms with Crippen LogP contribution < -0.4 is 36.6 Å². The number of carbonyl (C=O) groups is 1. The quantitative estimate of drug-likeness (QED) is 0.114. The Morgan fingerprint density at radius 1 is 0.379 bits per heavy atom. The first-order valence-electron chi connectivity index (χ1n) is 60.7. The molecule has 27 rings (SSSR count). The van der Waals surface area contributed by atoms with Gasteiger partial charge in [0.05, 0.1) is 77.6 Å². The van der Waals surface area contributed by atoms with Gasteiger partial charge in [-0.25, -0.2) is 27.3 Å². The first-order chi connectivity index (χ1) is 69.5. The molecule has 3 aromatic rings. The number of anilines is 1. The molecule has 8 saturated heterocycles. The number of amides is 2. The Morgan fingerprint density at radius 3 is 0.993 bits per heavy atom. The average Bonchev–Trinajstić information content (AvgIpc) is 1.57. The molecule has 7 N–H and O–H groups in total. The molecule has 2 aromatic heterocycles. The van der Waals surface area contributed by atoms with Crippen molar-refractivity contribution in [1.29, 1.82) is 0 Å². The van der Waals surface area contributed by atoms with Crippen molar-refractivity contribution in [1.82, 2.24) is 61.3 Å². The maximum Gasteiger partial charge on any atom is 0.319 e. The van der Waals surface area contributed by atoms with Crippen LogP contribution in [0.25, 0.3) is 0 Å². The summed E-state index contributed by atoms with van der Waals surface area (Å²) in [6, 6.07) is 13.4. The van der Waals surface area contributed by atoms with Gasteiger partial charge >= 0.3 is 6.03 Å². The molecule has 10 heterocycles. The van der Waals surface area contributed by atoms with Gasteiger partial charge in [0.1, 0.15) is 0 Å². The molecule has 8 aliphatic heterocycles. The average molecular weight is 2010 g/mol. The molecule has 0 bridgehead atoms. The van der Waals surface area contributed by atoms with Crippen LogP contribution in [0, 0.1) is 164 Å². The predicted molar refractivity (Wildman–Crippen MR) is 577 cm³/mol. The zero-order valence-corrected chi connectivity index (χ0v) is 93.4. The number of piperidine rings is 4. The van der Waals surface area contributed by atoms with E-state index >= 15 is 0 Å². The lowest BCUT2D eigenvalue weighted by molar-refractivity contribution is -0.0755. The van der Waals surface area contributed by atoms with Crippen molar-refractivity contribution in [3.63, 3.8) is 0 Å². The van der Waals surface area contributed by atoms with E-state index < -0.39 is 10.0 Å². The fraction of sp³-hybridized carbons (Fsp3) is 0.847. The van der Waals surface area contributed by atoms with Crippen molar-refractivity contribution in [2.75, 3.05) is 37.8 Å². The van der Waals surface area contributed by atoms with E-state index in [4.69, 9.17) is 18.9 Å². The van der Waals surface area contributed by atoms with E-state index in [-0.39, 0.29) is 40.5 Å². The van der Waals surface area contributed by atoms with Gasteiger partial charge in [-0.1, -0.05) is 156 Å². The van der Waals surface area contributed by atoms with Gasteiger partial charge in [0.2, 0.25) is 10.0 Å². The van der Waals surface area contributed by atoms with E-state index in [1.807, 2.05) is 59.4 Å². The van der Waals surface area contributed by atoms with Crippen LogP contribution >= 0.6 is 0 Å². The van der Waals surface area contributed by atoms with Crippen molar-refractivity contribution < 1.29 is 32.2 Å². The Hall–Kier alpha value is -4.68. The lowest BCUT2D eigenvalue weighted by atomic mass is 9.52. The molecular weight excluding hydrogens is 1820 g/mol. The fourth-order valence-corrected chi connectivity index (χ4v) is 42.8. The zero-order valence-electron chi connectivity index (χ0n) is 92.5. The largest absolute Gasteiger partial charge is 0.369 e. The van der Waals surface area contributed by atoms with Gasteiger partial charge in [0, 0.05) is 78.0 Å². The van der Waals surface area contributed by atoms with Gasteiger partial charge in [0.25, 0.3) is 0 Å². The van der Waals surface area contributed by atoms with Crippen LogP contribution in [0.3, 0.4) is 0 Å². The Labute approximate surface area is 873 Å². The molecule has 24 aliphatic rings. The van der Waals surface area contributed by atoms with Crippen molar-refractivity contribution in [2.24, 2.45) is 164 Å². The molecule has 1 aromatic carbocycles. The summed E-state index contributed by atoms with van der Waals surface area (Å²) in [5.74, 6) is 18.3. The molecule has 2 unspecified atom stereocenters. The SMILES string of the molecule is CC1=C2C[C@H]3[C@@H](CC[C@@H]4CC(n5ccnn5)CC[C@@]43C)[C@@H]2CC[C@@]2(C1)O[C@@H]1C[C@H](C)CN[C@H]1[C@H]2C.CC1=C2C[C@H]3[C@@H](CC[C@@H]4CC(n5ccnn5)CC[C@@]43C)[C@@H]2CC[C@@]2(C1)O[C@@H]1C[C@H](C)CN[C@H]1[C@H]2C.CC1=C2C[C@H]3[C@@H](CC[C@@H]4C[C@H](NC(=O)Nc5ccccc5)CC[C@@]43C)[C@@H]2CC[C@@]2(C1)O[C@@H]1C[C@H](C)CN[C@H]1[C@H]2C.CC1=C2C[C@H]3[C@@H](CC[C@@H]4C[C@H](NS(C)(=O)=O)CC[C@@]43C)[C@@H]2CC[C@@]2(C1)O[C@@H]1C[C@H](C)CN[C@H]1[C@H]2C. The number of urea groups is 1. The number of nitrogens with one attached hydrogen (secondary N) is 7. The number of nitrogens with zero attached hydrogens (tertiary/aromatic N) is 6. The van der Waals surface area contributed by atoms with E-state index in [0.29, 0.717) is 130 Å². The van der Waals surface area contributed by atoms with Gasteiger partial charge < -0.3 is 50.8 Å². The molecule has 20 fully saturated rings. The Bertz CT molecular complexity index is 5270. The van der Waals surface area contributed by atoms with E-state index in [9.17, 15) is 13.2 Å². The minimum Gasteiger partial charge on any atom is -0.369 e. The van der Waals surface area contributed by atoms with Crippen molar-refractivity contribution in [2.45, 2.75) is 463 Å². The van der Waals surface area contributed by atoms with Gasteiger partial charge in [0.15, 0.2) is 0 Å². The highest BCUT2D eigenvalue weighted by molar-refractivity contribution is 7.88. The maximum atomic E-state index is 12.7. The van der Waals surface area contributed by atoms with Crippen LogP contribution in [0.2, 0.25) is 0 Å². The first kappa shape index (κ1) is 102. The van der Waals surface area contributed by atoms with Crippen LogP contribution in [-0.2, 0) is 29.0 Å². The number of sulfonamides is 1. The third-order valence-electron chi connectivity index (χ3n) is 49.9. The number of hydrogen-bond acceptors (Lipinski definition) is 15. The highest BCUT2D eigenvalue weighted by atomic mass is 32.2. The van der Waals surface area contributed by atoms with E-state index in [1.54, 1.807) is 27.9 Å². The highest BCUT2D eigenvalue weighted by Gasteiger charge is 2.67. The van der Waals surface area contributed by atoms with Crippen molar-refractivity contribution in [3.8, 4) is 0 Å². The number of ether oxygens (including phenoxy) is 4. The lowest BCUT2D eigenvalue weighted by Crippen LogP contribution is -2.51. The van der Waals surface area contributed by atoms with Gasteiger partial charge in [-0.05, 0) is 463 Å². The van der Waals surface area contributed by atoms with E-state index in [2.05, 4.69) is 190 Å². The number of rotatable bonds is 6. The summed E-state index contributed by atoms with van der Waals surface area (Å²) in [7, 11) is -3.13. The minimum absolute atomic E-state index is 0.0276. The second kappa shape index (κ2) is 39.0. The molecule has 12 saturated carbocycles. The molecule has 20 nitrogen and oxygen atoms in total. The summed E-state index contributed by atoms with van der Waals surface area (Å²) in [6.45, 7) is 44.4. The summed E-state index contributed by atoms with van der Waals surface area (Å²) in [6.07, 6.45) is 61.5. The molecule has 21 heteroatoms. The smallest absolute Gasteiger partial charge is 0.319 e. The number of hydrogen-bond donors (Lipinski definition) is 7. The van der Waals surface area contributed by atoms with E-state index in [1.165, 1.54) is 225 Å². The summed E-state index contributed by atoms with van der Waals surface area (Å²) >= 11 is 0. The lowest BCUT2D eigenvalue weighted by Gasteiger charge is -2.54. The molecule has 16 aliphatic carbocycles. The fourth-order valence-electron chi connectivity index (χ4n) is 42.0. The summed E-state index contributed by atoms with van der Waals surface area (Å²) < 4.78 is 59.2. The van der Waals surface area contributed by atoms with Crippen LogP contribution in [-0.4, -0.2) is 160 Å². The molecule has 44 atom stereocenters. The van der Waals surface area contributed by atoms with Crippen LogP contribution in [0.4, 0.5) is 10.5 Å². The summed E-state index contributed by atoms with van der Waals surface area (Å²) in [5.41, 5.74) is 16.9.